The number of benzene rings is 1. The van der Waals surface area contributed by atoms with Crippen molar-refractivity contribution >= 4 is 34.5 Å². The van der Waals surface area contributed by atoms with E-state index in [4.69, 9.17) is 27.9 Å². The first-order valence-electron chi connectivity index (χ1n) is 5.99. The Balaban J connectivity index is 1.69. The molecule has 0 spiro atoms. The topological polar surface area (TPSA) is 21.3 Å². The van der Waals surface area contributed by atoms with Crippen LogP contribution in [0, 0.1) is 6.92 Å². The molecule has 19 heavy (non-hydrogen) atoms. The summed E-state index contributed by atoms with van der Waals surface area (Å²) < 4.78 is 6.52. The minimum atomic E-state index is 0.627. The van der Waals surface area contributed by atoms with Crippen molar-refractivity contribution < 1.29 is 4.74 Å². The monoisotopic (exact) mass is 315 g/mol. The SMILES string of the molecule is Cc1cc(Cl)ccc1OCCNCc1ccc(Cl)s1. The van der Waals surface area contributed by atoms with E-state index in [1.807, 2.05) is 37.3 Å². The van der Waals surface area contributed by atoms with Gasteiger partial charge in [0.15, 0.2) is 0 Å². The summed E-state index contributed by atoms with van der Waals surface area (Å²) in [7, 11) is 0. The first-order chi connectivity index (χ1) is 9.15. The maximum atomic E-state index is 5.89. The summed E-state index contributed by atoms with van der Waals surface area (Å²) in [5, 5.41) is 4.05. The number of nitrogens with one attached hydrogen (secondary N) is 1. The lowest BCUT2D eigenvalue weighted by Crippen LogP contribution is -2.20. The lowest BCUT2D eigenvalue weighted by atomic mass is 10.2. The zero-order valence-electron chi connectivity index (χ0n) is 10.6. The molecule has 1 aromatic carbocycles. The first-order valence-corrected chi connectivity index (χ1v) is 7.56. The number of halogens is 2. The van der Waals surface area contributed by atoms with E-state index in [0.29, 0.717) is 6.61 Å². The van der Waals surface area contributed by atoms with Crippen molar-refractivity contribution in [3.05, 3.63) is 50.1 Å². The van der Waals surface area contributed by atoms with E-state index >= 15 is 0 Å². The molecule has 2 aromatic rings. The molecule has 0 amide bonds. The van der Waals surface area contributed by atoms with Crippen LogP contribution in [0.1, 0.15) is 10.4 Å². The van der Waals surface area contributed by atoms with Gasteiger partial charge in [-0.2, -0.15) is 0 Å². The van der Waals surface area contributed by atoms with Gasteiger partial charge >= 0.3 is 0 Å². The molecule has 1 aromatic heterocycles. The molecule has 0 saturated heterocycles. The Morgan fingerprint density at radius 1 is 1.21 bits per heavy atom. The summed E-state index contributed by atoms with van der Waals surface area (Å²) in [6.45, 7) is 4.22. The van der Waals surface area contributed by atoms with Crippen LogP contribution in [0.2, 0.25) is 9.36 Å². The molecular weight excluding hydrogens is 301 g/mol. The summed E-state index contributed by atoms with van der Waals surface area (Å²) >= 11 is 13.4. The lowest BCUT2D eigenvalue weighted by molar-refractivity contribution is 0.312. The fraction of sp³-hybridized carbons (Fsp3) is 0.286. The highest BCUT2D eigenvalue weighted by Crippen LogP contribution is 2.22. The van der Waals surface area contributed by atoms with Crippen molar-refractivity contribution in [2.45, 2.75) is 13.5 Å². The molecule has 0 bridgehead atoms. The highest BCUT2D eigenvalue weighted by molar-refractivity contribution is 7.16. The maximum absolute atomic E-state index is 5.89. The van der Waals surface area contributed by atoms with Crippen LogP contribution in [-0.4, -0.2) is 13.2 Å². The predicted octanol–water partition coefficient (Wildman–Crippen LogP) is 4.53. The molecule has 1 N–H and O–H groups in total. The second-order valence-corrected chi connectivity index (χ2v) is 6.38. The number of rotatable bonds is 6. The Morgan fingerprint density at radius 2 is 2.05 bits per heavy atom. The molecule has 0 aliphatic carbocycles. The third kappa shape index (κ3) is 4.69. The Hall–Kier alpha value is -0.740. The first kappa shape index (κ1) is 14.7. The Kier molecular flexibility index (Phi) is 5.52. The summed E-state index contributed by atoms with van der Waals surface area (Å²) in [6.07, 6.45) is 0. The average Bonchev–Trinajstić information content (AvgIpc) is 2.77. The van der Waals surface area contributed by atoms with Crippen LogP contribution in [0.25, 0.3) is 0 Å². The zero-order chi connectivity index (χ0) is 13.7. The van der Waals surface area contributed by atoms with Crippen molar-refractivity contribution in [1.82, 2.24) is 5.32 Å². The van der Waals surface area contributed by atoms with E-state index in [1.54, 1.807) is 11.3 Å². The van der Waals surface area contributed by atoms with Gasteiger partial charge in [-0.05, 0) is 42.8 Å². The van der Waals surface area contributed by atoms with Crippen LogP contribution in [-0.2, 0) is 6.54 Å². The van der Waals surface area contributed by atoms with E-state index in [-0.39, 0.29) is 0 Å². The fourth-order valence-electron chi connectivity index (χ4n) is 1.67. The Labute approximate surface area is 127 Å². The van der Waals surface area contributed by atoms with Gasteiger partial charge in [-0.1, -0.05) is 23.2 Å². The molecular formula is C14H15Cl2NOS. The van der Waals surface area contributed by atoms with E-state index < -0.39 is 0 Å². The van der Waals surface area contributed by atoms with Crippen LogP contribution in [0.3, 0.4) is 0 Å². The quantitative estimate of drug-likeness (QED) is 0.791. The van der Waals surface area contributed by atoms with Crippen molar-refractivity contribution in [3.63, 3.8) is 0 Å². The Bertz CT molecular complexity index is 542. The highest BCUT2D eigenvalue weighted by Gasteiger charge is 2.00. The van der Waals surface area contributed by atoms with Crippen LogP contribution in [0.5, 0.6) is 5.75 Å². The molecule has 2 rings (SSSR count). The van der Waals surface area contributed by atoms with Crippen LogP contribution < -0.4 is 10.1 Å². The zero-order valence-corrected chi connectivity index (χ0v) is 12.9. The second-order valence-electron chi connectivity index (χ2n) is 4.14. The van der Waals surface area contributed by atoms with Gasteiger partial charge in [0.2, 0.25) is 0 Å². The number of hydrogen-bond donors (Lipinski definition) is 1. The van der Waals surface area contributed by atoms with E-state index in [2.05, 4.69) is 5.32 Å². The molecule has 1 heterocycles. The summed E-state index contributed by atoms with van der Waals surface area (Å²) in [5.41, 5.74) is 1.05. The molecule has 102 valence electrons. The molecule has 0 unspecified atom stereocenters. The number of aryl methyl sites for hydroxylation is 1. The largest absolute Gasteiger partial charge is 0.492 e. The van der Waals surface area contributed by atoms with Gasteiger partial charge < -0.3 is 10.1 Å². The van der Waals surface area contributed by atoms with E-state index in [9.17, 15) is 0 Å². The van der Waals surface area contributed by atoms with Crippen LogP contribution in [0.4, 0.5) is 0 Å². The van der Waals surface area contributed by atoms with Gasteiger partial charge in [-0.25, -0.2) is 0 Å². The fourth-order valence-corrected chi connectivity index (χ4v) is 2.95. The molecule has 2 nitrogen and oxygen atoms in total. The van der Waals surface area contributed by atoms with E-state index in [1.165, 1.54) is 4.88 Å². The maximum Gasteiger partial charge on any atom is 0.122 e. The number of thiophene rings is 1. The molecule has 0 aliphatic heterocycles. The number of hydrogen-bond acceptors (Lipinski definition) is 3. The van der Waals surface area contributed by atoms with Crippen LogP contribution in [0.15, 0.2) is 30.3 Å². The molecule has 0 saturated carbocycles. The van der Waals surface area contributed by atoms with Gasteiger partial charge in [0.25, 0.3) is 0 Å². The number of ether oxygens (including phenoxy) is 1. The van der Waals surface area contributed by atoms with Gasteiger partial charge in [-0.15, -0.1) is 11.3 Å². The van der Waals surface area contributed by atoms with Gasteiger partial charge in [0.1, 0.15) is 12.4 Å². The molecule has 0 aliphatic rings. The molecule has 0 fully saturated rings. The minimum Gasteiger partial charge on any atom is -0.492 e. The average molecular weight is 316 g/mol. The third-order valence-electron chi connectivity index (χ3n) is 2.60. The van der Waals surface area contributed by atoms with Crippen molar-refractivity contribution in [1.29, 1.82) is 0 Å². The third-order valence-corrected chi connectivity index (χ3v) is 4.07. The molecule has 0 atom stereocenters. The summed E-state index contributed by atoms with van der Waals surface area (Å²) in [6, 6.07) is 9.58. The predicted molar refractivity (Wildman–Crippen MR) is 82.7 cm³/mol. The Morgan fingerprint density at radius 3 is 2.74 bits per heavy atom. The van der Waals surface area contributed by atoms with Gasteiger partial charge in [0.05, 0.1) is 4.34 Å². The van der Waals surface area contributed by atoms with E-state index in [0.717, 1.165) is 33.8 Å². The van der Waals surface area contributed by atoms with Crippen molar-refractivity contribution in [2.75, 3.05) is 13.2 Å². The molecule has 0 radical (unpaired) electrons. The summed E-state index contributed by atoms with van der Waals surface area (Å²) in [5.74, 6) is 0.880. The standard InChI is InChI=1S/C14H15Cl2NOS/c1-10-8-11(15)2-4-13(10)18-7-6-17-9-12-3-5-14(16)19-12/h2-5,8,17H,6-7,9H2,1H3. The smallest absolute Gasteiger partial charge is 0.122 e. The molecule has 5 heteroatoms. The second kappa shape index (κ2) is 7.15. The highest BCUT2D eigenvalue weighted by atomic mass is 35.5. The normalized spacial score (nSPS) is 10.7. The van der Waals surface area contributed by atoms with Gasteiger partial charge in [-0.3, -0.25) is 0 Å². The van der Waals surface area contributed by atoms with Crippen LogP contribution >= 0.6 is 34.5 Å². The van der Waals surface area contributed by atoms with Gasteiger partial charge in [0, 0.05) is 23.0 Å². The minimum absolute atomic E-state index is 0.627. The summed E-state index contributed by atoms with van der Waals surface area (Å²) in [4.78, 5) is 1.23. The lowest BCUT2D eigenvalue weighted by Gasteiger charge is -2.09. The van der Waals surface area contributed by atoms with Crippen molar-refractivity contribution in [3.8, 4) is 5.75 Å². The van der Waals surface area contributed by atoms with Crippen molar-refractivity contribution in [2.24, 2.45) is 0 Å².